The molecule has 186 valence electrons. The molecule has 5 rings (SSSR count). The highest BCUT2D eigenvalue weighted by molar-refractivity contribution is 6.09. The number of anilines is 2. The first-order chi connectivity index (χ1) is 18.5. The second-order valence-electron chi connectivity index (χ2n) is 8.26. The summed E-state index contributed by atoms with van der Waals surface area (Å²) in [5, 5.41) is 21.3. The first-order valence-corrected chi connectivity index (χ1v) is 11.6. The van der Waals surface area contributed by atoms with E-state index < -0.39 is 11.8 Å². The van der Waals surface area contributed by atoms with Crippen molar-refractivity contribution in [2.45, 2.75) is 0 Å². The summed E-state index contributed by atoms with van der Waals surface area (Å²) in [5.41, 5.74) is 4.00. The molecule has 2 heterocycles. The molecule has 5 aromatic rings. The highest BCUT2D eigenvalue weighted by Gasteiger charge is 2.16. The molecule has 0 spiro atoms. The molecule has 0 aliphatic heterocycles. The number of nitrogens with one attached hydrogen (secondary N) is 6. The third-order valence-corrected chi connectivity index (χ3v) is 5.69. The smallest absolute Gasteiger partial charge is 0.259 e. The molecule has 0 saturated carbocycles. The maximum atomic E-state index is 13.0. The minimum absolute atomic E-state index is 0.0546. The van der Waals surface area contributed by atoms with Crippen molar-refractivity contribution in [2.75, 3.05) is 10.6 Å². The molecule has 0 bridgehead atoms. The van der Waals surface area contributed by atoms with E-state index in [1.807, 2.05) is 60.7 Å². The summed E-state index contributed by atoms with van der Waals surface area (Å²) in [7, 11) is 0. The predicted octanol–water partition coefficient (Wildman–Crippen LogP) is 3.93. The maximum Gasteiger partial charge on any atom is 0.259 e. The van der Waals surface area contributed by atoms with Gasteiger partial charge in [-0.05, 0) is 35.4 Å². The van der Waals surface area contributed by atoms with Gasteiger partial charge in [-0.2, -0.15) is 0 Å². The zero-order valence-electron chi connectivity index (χ0n) is 19.9. The number of benzene rings is 3. The summed E-state index contributed by atoms with van der Waals surface area (Å²) < 4.78 is 0. The van der Waals surface area contributed by atoms with Crippen LogP contribution in [0.3, 0.4) is 0 Å². The summed E-state index contributed by atoms with van der Waals surface area (Å²) in [6.45, 7) is 0. The first-order valence-electron chi connectivity index (χ1n) is 11.6. The van der Waals surface area contributed by atoms with E-state index in [9.17, 15) is 9.59 Å². The number of nitrogens with zero attached hydrogens (tertiary/aromatic N) is 2. The number of carbonyl (C=O) groups excluding carboxylic acids is 2. The molecule has 0 radical (unpaired) electrons. The Morgan fingerprint density at radius 2 is 0.947 bits per heavy atom. The summed E-state index contributed by atoms with van der Waals surface area (Å²) in [6, 6.07) is 25.2. The Morgan fingerprint density at radius 3 is 1.32 bits per heavy atom. The molecule has 3 aromatic carbocycles. The summed E-state index contributed by atoms with van der Waals surface area (Å²) >= 11 is 0. The lowest BCUT2D eigenvalue weighted by molar-refractivity contribution is 0.101. The lowest BCUT2D eigenvalue weighted by Gasteiger charge is -2.12. The SMILES string of the molecule is N=c1ncc(C(=O)Nc2ccc(NC(=O)c3cnc(=N)[nH]c3-c3ccccc3)cc2)c(-c2ccccc2)[nH]1. The zero-order chi connectivity index (χ0) is 26.5. The Balaban J connectivity index is 1.33. The van der Waals surface area contributed by atoms with E-state index in [0.29, 0.717) is 33.9 Å². The van der Waals surface area contributed by atoms with Gasteiger partial charge in [0, 0.05) is 23.8 Å². The highest BCUT2D eigenvalue weighted by Crippen LogP contribution is 2.23. The van der Waals surface area contributed by atoms with Gasteiger partial charge in [0.2, 0.25) is 11.2 Å². The standard InChI is InChI=1S/C28H22N8O2/c29-27-31-15-21(23(35-27)17-7-3-1-4-8-17)25(37)33-19-11-13-20(14-12-19)34-26(38)22-16-32-28(30)36-24(22)18-9-5-2-6-10-18/h1-16H,(H,33,37)(H,34,38)(H2,29,31,35)(H2,30,32,36). The van der Waals surface area contributed by atoms with Gasteiger partial charge in [0.25, 0.3) is 11.8 Å². The number of aromatic nitrogens is 4. The van der Waals surface area contributed by atoms with Crippen LogP contribution in [0.5, 0.6) is 0 Å². The van der Waals surface area contributed by atoms with E-state index in [1.165, 1.54) is 12.4 Å². The van der Waals surface area contributed by atoms with Crippen molar-refractivity contribution >= 4 is 23.2 Å². The van der Waals surface area contributed by atoms with Gasteiger partial charge in [-0.15, -0.1) is 0 Å². The number of carbonyl (C=O) groups is 2. The number of hydrogen-bond donors (Lipinski definition) is 6. The van der Waals surface area contributed by atoms with Crippen molar-refractivity contribution in [3.8, 4) is 22.5 Å². The third kappa shape index (κ3) is 5.29. The van der Waals surface area contributed by atoms with Crippen LogP contribution >= 0.6 is 0 Å². The Kier molecular flexibility index (Phi) is 6.68. The van der Waals surface area contributed by atoms with Gasteiger partial charge in [-0.1, -0.05) is 60.7 Å². The minimum Gasteiger partial charge on any atom is -0.323 e. The van der Waals surface area contributed by atoms with E-state index in [1.54, 1.807) is 24.3 Å². The molecule has 0 atom stereocenters. The Bertz CT molecular complexity index is 1600. The summed E-state index contributed by atoms with van der Waals surface area (Å²) in [6.07, 6.45) is 2.73. The number of amides is 2. The average Bonchev–Trinajstić information content (AvgIpc) is 2.95. The number of H-pyrrole nitrogens is 2. The molecular weight excluding hydrogens is 480 g/mol. The van der Waals surface area contributed by atoms with Crippen molar-refractivity contribution in [2.24, 2.45) is 0 Å². The second kappa shape index (κ2) is 10.5. The van der Waals surface area contributed by atoms with Crippen molar-refractivity contribution in [1.29, 1.82) is 10.8 Å². The monoisotopic (exact) mass is 502 g/mol. The van der Waals surface area contributed by atoms with Crippen LogP contribution in [0, 0.1) is 10.8 Å². The number of aromatic amines is 2. The molecule has 0 unspecified atom stereocenters. The fourth-order valence-corrected chi connectivity index (χ4v) is 3.87. The summed E-state index contributed by atoms with van der Waals surface area (Å²) in [4.78, 5) is 39.6. The van der Waals surface area contributed by atoms with Crippen molar-refractivity contribution in [1.82, 2.24) is 19.9 Å². The molecule has 6 N–H and O–H groups in total. The van der Waals surface area contributed by atoms with Crippen molar-refractivity contribution in [3.63, 3.8) is 0 Å². The van der Waals surface area contributed by atoms with Crippen LogP contribution in [0.25, 0.3) is 22.5 Å². The van der Waals surface area contributed by atoms with Crippen LogP contribution in [0.4, 0.5) is 11.4 Å². The van der Waals surface area contributed by atoms with Crippen LogP contribution in [0.15, 0.2) is 97.3 Å². The number of hydrogen-bond acceptors (Lipinski definition) is 6. The highest BCUT2D eigenvalue weighted by atomic mass is 16.2. The molecule has 0 fully saturated rings. The van der Waals surface area contributed by atoms with Gasteiger partial charge >= 0.3 is 0 Å². The molecule has 0 saturated heterocycles. The molecule has 10 heteroatoms. The van der Waals surface area contributed by atoms with Crippen LogP contribution in [0.2, 0.25) is 0 Å². The second-order valence-corrected chi connectivity index (χ2v) is 8.26. The van der Waals surface area contributed by atoms with Gasteiger partial charge in [0.05, 0.1) is 22.5 Å². The topological polar surface area (TPSA) is 163 Å². The molecular formula is C28H22N8O2. The molecule has 2 aromatic heterocycles. The van der Waals surface area contributed by atoms with E-state index in [2.05, 4.69) is 30.6 Å². The minimum atomic E-state index is -0.394. The Hall–Kier alpha value is -5.64. The zero-order valence-corrected chi connectivity index (χ0v) is 19.9. The average molecular weight is 503 g/mol. The summed E-state index contributed by atoms with van der Waals surface area (Å²) in [5.74, 6) is -0.789. The Morgan fingerprint density at radius 1 is 0.579 bits per heavy atom. The van der Waals surface area contributed by atoms with Gasteiger partial charge in [0.15, 0.2) is 0 Å². The van der Waals surface area contributed by atoms with E-state index >= 15 is 0 Å². The van der Waals surface area contributed by atoms with Gasteiger partial charge < -0.3 is 20.6 Å². The van der Waals surface area contributed by atoms with E-state index in [-0.39, 0.29) is 11.2 Å². The van der Waals surface area contributed by atoms with Crippen LogP contribution in [-0.4, -0.2) is 31.8 Å². The fourth-order valence-electron chi connectivity index (χ4n) is 3.87. The maximum absolute atomic E-state index is 13.0. The molecule has 2 amide bonds. The lowest BCUT2D eigenvalue weighted by atomic mass is 10.1. The number of rotatable bonds is 6. The molecule has 0 aliphatic rings. The first kappa shape index (κ1) is 24.1. The quantitative estimate of drug-likeness (QED) is 0.207. The van der Waals surface area contributed by atoms with E-state index in [0.717, 1.165) is 11.1 Å². The largest absolute Gasteiger partial charge is 0.323 e. The Labute approximate surface area is 216 Å². The van der Waals surface area contributed by atoms with Crippen molar-refractivity contribution in [3.05, 3.63) is 120 Å². The fraction of sp³-hybridized carbons (Fsp3) is 0. The van der Waals surface area contributed by atoms with Crippen LogP contribution in [-0.2, 0) is 0 Å². The molecule has 10 nitrogen and oxygen atoms in total. The predicted molar refractivity (Wildman–Crippen MR) is 142 cm³/mol. The lowest BCUT2D eigenvalue weighted by Crippen LogP contribution is -2.20. The van der Waals surface area contributed by atoms with E-state index in [4.69, 9.17) is 10.8 Å². The van der Waals surface area contributed by atoms with Gasteiger partial charge in [-0.25, -0.2) is 9.97 Å². The van der Waals surface area contributed by atoms with Crippen LogP contribution in [0.1, 0.15) is 20.7 Å². The van der Waals surface area contributed by atoms with Crippen LogP contribution < -0.4 is 21.9 Å². The molecule has 38 heavy (non-hydrogen) atoms. The molecule has 0 aliphatic carbocycles. The van der Waals surface area contributed by atoms with Gasteiger partial charge in [-0.3, -0.25) is 20.4 Å². The normalized spacial score (nSPS) is 10.5. The third-order valence-electron chi connectivity index (χ3n) is 5.69. The van der Waals surface area contributed by atoms with Crippen molar-refractivity contribution < 1.29 is 9.59 Å². The van der Waals surface area contributed by atoms with Gasteiger partial charge in [0.1, 0.15) is 0 Å².